The van der Waals surface area contributed by atoms with Gasteiger partial charge in [-0.3, -0.25) is 13.9 Å². The van der Waals surface area contributed by atoms with Crippen molar-refractivity contribution in [1.29, 1.82) is 0 Å². The van der Waals surface area contributed by atoms with E-state index >= 15 is 0 Å². The Bertz CT molecular complexity index is 1380. The lowest BCUT2D eigenvalue weighted by Crippen LogP contribution is -2.24. The Kier molecular flexibility index (Phi) is 8.70. The first kappa shape index (κ1) is 28.1. The quantitative estimate of drug-likeness (QED) is 0.241. The molecule has 3 aromatic carbocycles. The van der Waals surface area contributed by atoms with Crippen LogP contribution in [0.3, 0.4) is 0 Å². The van der Waals surface area contributed by atoms with Crippen molar-refractivity contribution in [2.75, 3.05) is 18.1 Å². The number of fused-ring (bicyclic) bond motifs is 3. The molecule has 40 heavy (non-hydrogen) atoms. The van der Waals surface area contributed by atoms with Gasteiger partial charge in [0, 0.05) is 11.5 Å². The summed E-state index contributed by atoms with van der Waals surface area (Å²) >= 11 is 0. The van der Waals surface area contributed by atoms with E-state index in [1.807, 2.05) is 30.3 Å². The van der Waals surface area contributed by atoms with Gasteiger partial charge >= 0.3 is 5.97 Å². The van der Waals surface area contributed by atoms with E-state index < -0.39 is 22.5 Å². The average molecular weight is 561 g/mol. The van der Waals surface area contributed by atoms with Gasteiger partial charge in [-0.2, -0.15) is 10.6 Å². The molecule has 1 aliphatic carbocycles. The first-order valence-corrected chi connectivity index (χ1v) is 15.7. The summed E-state index contributed by atoms with van der Waals surface area (Å²) in [5, 5.41) is 9.07. The first-order valence-electron chi connectivity index (χ1n) is 13.8. The molecule has 1 aliphatic heterocycles. The Labute approximate surface area is 237 Å². The monoisotopic (exact) mass is 560 g/mol. The van der Waals surface area contributed by atoms with Crippen molar-refractivity contribution in [2.24, 2.45) is 5.92 Å². The minimum absolute atomic E-state index is 0.0992. The predicted molar refractivity (Wildman–Crippen MR) is 159 cm³/mol. The molecule has 1 atom stereocenters. The third-order valence-corrected chi connectivity index (χ3v) is 9.67. The van der Waals surface area contributed by atoms with Crippen LogP contribution in [0.4, 0.5) is 0 Å². The van der Waals surface area contributed by atoms with Crippen LogP contribution in [0.15, 0.2) is 60.7 Å². The molecule has 1 heterocycles. The van der Waals surface area contributed by atoms with E-state index in [-0.39, 0.29) is 6.42 Å². The lowest BCUT2D eigenvalue weighted by molar-refractivity contribution is -0.137. The van der Waals surface area contributed by atoms with Crippen molar-refractivity contribution in [3.05, 3.63) is 82.9 Å². The minimum Gasteiger partial charge on any atom is -0.493 e. The largest absolute Gasteiger partial charge is 0.493 e. The molecule has 3 N–H and O–H groups in total. The lowest BCUT2D eigenvalue weighted by Gasteiger charge is -2.39. The number of terminal acetylenes is 1. The van der Waals surface area contributed by atoms with Gasteiger partial charge in [0.15, 0.2) is 0 Å². The zero-order valence-electron chi connectivity index (χ0n) is 22.6. The molecule has 1 fully saturated rings. The molecule has 6 nitrogen and oxygen atoms in total. The van der Waals surface area contributed by atoms with Crippen LogP contribution in [-0.4, -0.2) is 38.3 Å². The number of benzene rings is 3. The van der Waals surface area contributed by atoms with Crippen LogP contribution in [0.25, 0.3) is 11.1 Å². The Morgan fingerprint density at radius 3 is 2.38 bits per heavy atom. The molecule has 1 saturated heterocycles. The van der Waals surface area contributed by atoms with Gasteiger partial charge in [-0.1, -0.05) is 36.3 Å². The van der Waals surface area contributed by atoms with Gasteiger partial charge in [-0.25, -0.2) is 0 Å². The van der Waals surface area contributed by atoms with Crippen LogP contribution in [0.5, 0.6) is 11.5 Å². The highest BCUT2D eigenvalue weighted by Gasteiger charge is 2.24. The zero-order valence-corrected chi connectivity index (χ0v) is 23.4. The fraction of sp³-hybridized carbons (Fsp3) is 0.364. The smallest absolute Gasteiger partial charge is 0.304 e. The maximum atomic E-state index is 11.1. The molecule has 0 bridgehead atoms. The SMILES string of the molecule is C#CC(CC(=O)O)c1ccc(OCc2ccc3c(c2)-c2ccc(OCC4CCS(O)(O)CC4)cc2CCC3)cc1. The van der Waals surface area contributed by atoms with E-state index in [1.54, 1.807) is 0 Å². The van der Waals surface area contributed by atoms with E-state index in [2.05, 4.69) is 36.3 Å². The second-order valence-corrected chi connectivity index (χ2v) is 13.2. The Morgan fingerprint density at radius 1 is 0.925 bits per heavy atom. The molecular formula is C33H36O6S. The average Bonchev–Trinajstić information content (AvgIpc) is 3.13. The Balaban J connectivity index is 1.24. The molecule has 210 valence electrons. The van der Waals surface area contributed by atoms with E-state index in [0.29, 0.717) is 36.4 Å². The number of hydrogen-bond acceptors (Lipinski definition) is 5. The summed E-state index contributed by atoms with van der Waals surface area (Å²) in [7, 11) is -2.37. The number of carboxylic acids is 1. The summed E-state index contributed by atoms with van der Waals surface area (Å²) in [6.07, 6.45) is 10.1. The summed E-state index contributed by atoms with van der Waals surface area (Å²) in [5.41, 5.74) is 6.95. The second kappa shape index (κ2) is 12.4. The van der Waals surface area contributed by atoms with Crippen molar-refractivity contribution in [2.45, 2.75) is 51.0 Å². The fourth-order valence-corrected chi connectivity index (χ4v) is 7.16. The van der Waals surface area contributed by atoms with E-state index in [4.69, 9.17) is 21.0 Å². The minimum atomic E-state index is -2.37. The molecule has 0 saturated carbocycles. The number of aryl methyl sites for hydroxylation is 2. The summed E-state index contributed by atoms with van der Waals surface area (Å²) in [5.74, 6) is 4.08. The molecule has 3 aromatic rings. The fourth-order valence-electron chi connectivity index (χ4n) is 5.53. The molecule has 0 radical (unpaired) electrons. The summed E-state index contributed by atoms with van der Waals surface area (Å²) in [6.45, 7) is 1.03. The van der Waals surface area contributed by atoms with Gasteiger partial charge in [-0.05, 0) is 102 Å². The van der Waals surface area contributed by atoms with Gasteiger partial charge in [0.05, 0.1) is 18.9 Å². The Morgan fingerprint density at radius 2 is 1.65 bits per heavy atom. The number of carbonyl (C=O) groups is 1. The Hall–Kier alpha value is -3.44. The molecule has 0 aromatic heterocycles. The van der Waals surface area contributed by atoms with E-state index in [9.17, 15) is 13.9 Å². The van der Waals surface area contributed by atoms with Crippen molar-refractivity contribution >= 4 is 16.6 Å². The molecule has 0 spiro atoms. The molecule has 2 aliphatic rings. The maximum Gasteiger partial charge on any atom is 0.304 e. The van der Waals surface area contributed by atoms with Crippen LogP contribution in [0, 0.1) is 18.3 Å². The summed E-state index contributed by atoms with van der Waals surface area (Å²) in [4.78, 5) is 11.1. The maximum absolute atomic E-state index is 11.1. The summed E-state index contributed by atoms with van der Waals surface area (Å²) < 4.78 is 31.9. The highest BCUT2D eigenvalue weighted by Crippen LogP contribution is 2.45. The predicted octanol–water partition coefficient (Wildman–Crippen LogP) is 7.15. The molecule has 7 heteroatoms. The van der Waals surface area contributed by atoms with E-state index in [1.165, 1.54) is 22.3 Å². The third-order valence-electron chi connectivity index (χ3n) is 7.89. The van der Waals surface area contributed by atoms with Gasteiger partial charge in [-0.15, -0.1) is 6.42 Å². The van der Waals surface area contributed by atoms with Crippen LogP contribution in [0.1, 0.15) is 53.9 Å². The lowest BCUT2D eigenvalue weighted by atomic mass is 9.95. The molecule has 5 rings (SSSR count). The van der Waals surface area contributed by atoms with Crippen molar-refractivity contribution < 1.29 is 28.5 Å². The van der Waals surface area contributed by atoms with Crippen LogP contribution < -0.4 is 9.47 Å². The highest BCUT2D eigenvalue weighted by molar-refractivity contribution is 8.24. The first-order chi connectivity index (χ1) is 19.3. The van der Waals surface area contributed by atoms with Crippen molar-refractivity contribution in [1.82, 2.24) is 0 Å². The number of hydrogen-bond donors (Lipinski definition) is 3. The number of aliphatic carboxylic acids is 1. The van der Waals surface area contributed by atoms with Crippen LogP contribution >= 0.6 is 10.6 Å². The van der Waals surface area contributed by atoms with Gasteiger partial charge in [0.25, 0.3) is 0 Å². The second-order valence-electron chi connectivity index (χ2n) is 10.8. The summed E-state index contributed by atoms with van der Waals surface area (Å²) in [6, 6.07) is 20.2. The standard InChI is InChI=1S/C33H36O6S/c1-2-25(20-33(34)35)26-8-10-29(11-9-26)38-22-24-6-7-27-4-3-5-28-19-30(12-13-31(28)32(27)18-24)39-21-23-14-16-40(36,37)17-15-23/h1,6-13,18-19,23,25,36-37H,3-5,14-17,20-22H2,(H,34,35). The molecule has 1 unspecified atom stereocenters. The number of rotatable bonds is 9. The van der Waals surface area contributed by atoms with Gasteiger partial charge < -0.3 is 14.6 Å². The number of ether oxygens (including phenoxy) is 2. The van der Waals surface area contributed by atoms with Gasteiger partial charge in [0.2, 0.25) is 0 Å². The molecular weight excluding hydrogens is 524 g/mol. The van der Waals surface area contributed by atoms with Crippen LogP contribution in [-0.2, 0) is 24.2 Å². The van der Waals surface area contributed by atoms with Crippen LogP contribution in [0.2, 0.25) is 0 Å². The van der Waals surface area contributed by atoms with Gasteiger partial charge in [0.1, 0.15) is 18.1 Å². The normalized spacial score (nSPS) is 17.8. The third kappa shape index (κ3) is 7.00. The van der Waals surface area contributed by atoms with E-state index in [0.717, 1.165) is 49.0 Å². The zero-order chi connectivity index (χ0) is 28.1. The van der Waals surface area contributed by atoms with Crippen molar-refractivity contribution in [3.8, 4) is 35.0 Å². The number of carboxylic acid groups (broad SMARTS) is 1. The topological polar surface area (TPSA) is 96.2 Å². The molecule has 0 amide bonds. The van der Waals surface area contributed by atoms with Crippen molar-refractivity contribution in [3.63, 3.8) is 0 Å². The highest BCUT2D eigenvalue weighted by atomic mass is 32.3.